The Morgan fingerprint density at radius 3 is 2.16 bits per heavy atom. The van der Waals surface area contributed by atoms with Crippen LogP contribution >= 0.6 is 0 Å². The molecule has 0 saturated carbocycles. The molecule has 3 unspecified atom stereocenters. The number of aliphatic hydroxyl groups excluding tert-OH is 1. The number of aliphatic hydroxyl groups is 1. The predicted molar refractivity (Wildman–Crippen MR) is 135 cm³/mol. The summed E-state index contributed by atoms with van der Waals surface area (Å²) in [6.45, 7) is 13.8. The third-order valence-corrected chi connectivity index (χ3v) is 5.94. The maximum atomic E-state index is 12.5. The molecule has 0 aliphatic carbocycles. The van der Waals surface area contributed by atoms with Gasteiger partial charge in [0.1, 0.15) is 11.6 Å². The highest BCUT2D eigenvalue weighted by Gasteiger charge is 2.19. The van der Waals surface area contributed by atoms with E-state index in [0.29, 0.717) is 17.9 Å². The van der Waals surface area contributed by atoms with Crippen molar-refractivity contribution in [3.8, 4) is 0 Å². The van der Waals surface area contributed by atoms with Crippen molar-refractivity contribution in [3.63, 3.8) is 0 Å². The summed E-state index contributed by atoms with van der Waals surface area (Å²) in [6.07, 6.45) is 14.2. The number of hydrogen-bond acceptors (Lipinski definition) is 4. The van der Waals surface area contributed by atoms with Crippen molar-refractivity contribution >= 4 is 11.6 Å². The maximum absolute atomic E-state index is 12.5. The molecule has 0 aromatic carbocycles. The fourth-order valence-electron chi connectivity index (χ4n) is 3.08. The van der Waals surface area contributed by atoms with Gasteiger partial charge in [-0.15, -0.1) is 0 Å². The molecule has 0 radical (unpaired) electrons. The van der Waals surface area contributed by atoms with Gasteiger partial charge in [0.25, 0.3) is 0 Å². The number of carbonyl (C=O) groups is 2. The van der Waals surface area contributed by atoms with Crippen LogP contribution in [0.15, 0.2) is 47.6 Å². The summed E-state index contributed by atoms with van der Waals surface area (Å²) >= 11 is 0. The molecule has 4 atom stereocenters. The van der Waals surface area contributed by atoms with Crippen molar-refractivity contribution in [1.29, 1.82) is 0 Å². The molecule has 0 saturated heterocycles. The van der Waals surface area contributed by atoms with Crippen LogP contribution in [0.4, 0.5) is 0 Å². The molecule has 0 aliphatic rings. The van der Waals surface area contributed by atoms with Gasteiger partial charge in [-0.05, 0) is 57.1 Å². The average molecular weight is 447 g/mol. The Morgan fingerprint density at radius 2 is 1.56 bits per heavy atom. The molecule has 4 nitrogen and oxygen atoms in total. The first kappa shape index (κ1) is 30.2. The van der Waals surface area contributed by atoms with Crippen molar-refractivity contribution in [3.05, 3.63) is 47.6 Å². The van der Waals surface area contributed by atoms with Gasteiger partial charge in [-0.3, -0.25) is 9.59 Å². The maximum Gasteiger partial charge on any atom is 0.139 e. The Hall–Kier alpha value is -1.78. The second-order valence-electron chi connectivity index (χ2n) is 9.36. The standard InChI is InChI=1S/C28H46O4/c1-20(2)16-17-26(29)23(5)18-24(6)28(31)19-27(30)22(4)15-13-11-9-10-12-14-21(3)25(7)32-8/h9-12,14,18,20,22-23,25,28,31H,13,15-17,19H2,1-8H3/b11-9+,12-10+,21-14+,24-18+/t22-,23?,25?,28?/m1/s1. The van der Waals surface area contributed by atoms with Crippen LogP contribution in [0.5, 0.6) is 0 Å². The lowest BCUT2D eigenvalue weighted by atomic mass is 9.92. The molecule has 0 spiro atoms. The zero-order valence-electron chi connectivity index (χ0n) is 21.6. The molecule has 1 N–H and O–H groups in total. The smallest absolute Gasteiger partial charge is 0.139 e. The van der Waals surface area contributed by atoms with E-state index in [1.807, 2.05) is 58.1 Å². The van der Waals surface area contributed by atoms with Gasteiger partial charge >= 0.3 is 0 Å². The van der Waals surface area contributed by atoms with E-state index in [0.717, 1.165) is 24.8 Å². The van der Waals surface area contributed by atoms with Gasteiger partial charge in [-0.1, -0.05) is 64.2 Å². The van der Waals surface area contributed by atoms with Crippen molar-refractivity contribution in [2.24, 2.45) is 17.8 Å². The molecule has 32 heavy (non-hydrogen) atoms. The summed E-state index contributed by atoms with van der Waals surface area (Å²) < 4.78 is 5.26. The number of ketones is 2. The minimum atomic E-state index is -0.826. The van der Waals surface area contributed by atoms with Crippen molar-refractivity contribution in [2.75, 3.05) is 7.11 Å². The summed E-state index contributed by atoms with van der Waals surface area (Å²) in [4.78, 5) is 24.7. The van der Waals surface area contributed by atoms with E-state index >= 15 is 0 Å². The SMILES string of the molecule is COC(C)/C(C)=C/C=C/C=C/CC[C@@H](C)C(=O)CC(O)/C(C)=C/C(C)C(=O)CCC(C)C. The Morgan fingerprint density at radius 1 is 0.906 bits per heavy atom. The largest absolute Gasteiger partial charge is 0.388 e. The van der Waals surface area contributed by atoms with Crippen molar-refractivity contribution < 1.29 is 19.4 Å². The van der Waals surface area contributed by atoms with Crippen molar-refractivity contribution in [2.45, 2.75) is 92.8 Å². The molecule has 0 bridgehead atoms. The summed E-state index contributed by atoms with van der Waals surface area (Å²) in [6, 6.07) is 0. The average Bonchev–Trinajstić information content (AvgIpc) is 2.75. The molecular formula is C28H46O4. The monoisotopic (exact) mass is 446 g/mol. The number of Topliss-reactive ketones (excluding diaryl/α,β-unsaturated/α-hetero) is 2. The van der Waals surface area contributed by atoms with Gasteiger partial charge in [-0.2, -0.15) is 0 Å². The molecule has 0 aromatic heterocycles. The van der Waals surface area contributed by atoms with E-state index in [9.17, 15) is 14.7 Å². The van der Waals surface area contributed by atoms with E-state index in [1.165, 1.54) is 0 Å². The molecule has 182 valence electrons. The molecule has 0 amide bonds. The van der Waals surface area contributed by atoms with Crippen LogP contribution in [0, 0.1) is 17.8 Å². The van der Waals surface area contributed by atoms with Gasteiger partial charge in [0.15, 0.2) is 0 Å². The second-order valence-corrected chi connectivity index (χ2v) is 9.36. The molecule has 0 heterocycles. The molecule has 0 aromatic rings. The quantitative estimate of drug-likeness (QED) is 0.220. The van der Waals surface area contributed by atoms with Crippen LogP contribution in [-0.2, 0) is 14.3 Å². The molecular weight excluding hydrogens is 400 g/mol. The first-order valence-electron chi connectivity index (χ1n) is 11.9. The lowest BCUT2D eigenvalue weighted by Gasteiger charge is -2.16. The van der Waals surface area contributed by atoms with E-state index in [2.05, 4.69) is 19.9 Å². The third-order valence-electron chi connectivity index (χ3n) is 5.94. The van der Waals surface area contributed by atoms with Crippen LogP contribution in [0.3, 0.4) is 0 Å². The Labute approximate surface area is 196 Å². The number of methoxy groups -OCH3 is 1. The molecule has 0 fully saturated rings. The number of rotatable bonds is 16. The zero-order valence-corrected chi connectivity index (χ0v) is 21.6. The van der Waals surface area contributed by atoms with Crippen LogP contribution < -0.4 is 0 Å². The van der Waals surface area contributed by atoms with Crippen LogP contribution in [0.25, 0.3) is 0 Å². The van der Waals surface area contributed by atoms with E-state index in [-0.39, 0.29) is 35.9 Å². The minimum absolute atomic E-state index is 0.0556. The molecule has 4 heteroatoms. The minimum Gasteiger partial charge on any atom is -0.388 e. The number of allylic oxidation sites excluding steroid dienone is 6. The zero-order chi connectivity index (χ0) is 24.7. The topological polar surface area (TPSA) is 63.6 Å². The third kappa shape index (κ3) is 13.6. The second kappa shape index (κ2) is 16.8. The number of ether oxygens (including phenoxy) is 1. The highest BCUT2D eigenvalue weighted by molar-refractivity contribution is 5.83. The van der Waals surface area contributed by atoms with Gasteiger partial charge < -0.3 is 9.84 Å². The lowest BCUT2D eigenvalue weighted by Crippen LogP contribution is -2.21. The van der Waals surface area contributed by atoms with Crippen LogP contribution in [0.1, 0.15) is 80.6 Å². The van der Waals surface area contributed by atoms with Gasteiger partial charge in [0, 0.05) is 31.8 Å². The first-order valence-corrected chi connectivity index (χ1v) is 11.9. The van der Waals surface area contributed by atoms with E-state index < -0.39 is 6.10 Å². The Kier molecular flexibility index (Phi) is 15.9. The predicted octanol–water partition coefficient (Wildman–Crippen LogP) is 6.40. The number of carbonyl (C=O) groups excluding carboxylic acids is 2. The summed E-state index contributed by atoms with van der Waals surface area (Å²) in [5.74, 6) is 0.397. The summed E-state index contributed by atoms with van der Waals surface area (Å²) in [5, 5.41) is 10.4. The van der Waals surface area contributed by atoms with Crippen molar-refractivity contribution in [1.82, 2.24) is 0 Å². The summed E-state index contributed by atoms with van der Waals surface area (Å²) in [5.41, 5.74) is 1.86. The fourth-order valence-corrected chi connectivity index (χ4v) is 3.08. The normalized spacial score (nSPS) is 17.2. The van der Waals surface area contributed by atoms with Gasteiger partial charge in [0.05, 0.1) is 12.2 Å². The number of hydrogen-bond donors (Lipinski definition) is 1. The van der Waals surface area contributed by atoms with Gasteiger partial charge in [-0.25, -0.2) is 0 Å². The van der Waals surface area contributed by atoms with Gasteiger partial charge in [0.2, 0.25) is 0 Å². The first-order chi connectivity index (χ1) is 15.0. The van der Waals surface area contributed by atoms with Crippen LogP contribution in [-0.4, -0.2) is 36.0 Å². The fraction of sp³-hybridized carbons (Fsp3) is 0.643. The Balaban J connectivity index is 4.46. The lowest BCUT2D eigenvalue weighted by molar-refractivity contribution is -0.124. The molecule has 0 aliphatic heterocycles. The highest BCUT2D eigenvalue weighted by Crippen LogP contribution is 2.17. The highest BCUT2D eigenvalue weighted by atomic mass is 16.5. The van der Waals surface area contributed by atoms with E-state index in [4.69, 9.17) is 4.74 Å². The van der Waals surface area contributed by atoms with Crippen LogP contribution in [0.2, 0.25) is 0 Å². The molecule has 0 rings (SSSR count). The van der Waals surface area contributed by atoms with E-state index in [1.54, 1.807) is 14.0 Å². The summed E-state index contributed by atoms with van der Waals surface area (Å²) in [7, 11) is 1.70. The Bertz CT molecular complexity index is 682.